The number of aryl methyl sites for hydroxylation is 2. The lowest BCUT2D eigenvalue weighted by molar-refractivity contribution is -0.119. The summed E-state index contributed by atoms with van der Waals surface area (Å²) in [5, 5.41) is 3.24. The Kier molecular flexibility index (Phi) is 6.07. The zero-order valence-electron chi connectivity index (χ0n) is 15.6. The third kappa shape index (κ3) is 4.62. The Morgan fingerprint density at radius 3 is 2.85 bits per heavy atom. The van der Waals surface area contributed by atoms with Gasteiger partial charge in [0, 0.05) is 16.0 Å². The molecule has 1 aliphatic carbocycles. The molecule has 1 N–H and O–H groups in total. The predicted octanol–water partition coefficient (Wildman–Crippen LogP) is 4.64. The fraction of sp³-hybridized carbons (Fsp3) is 0.400. The van der Waals surface area contributed by atoms with Gasteiger partial charge in [0.2, 0.25) is 0 Å². The van der Waals surface area contributed by atoms with Gasteiger partial charge >= 0.3 is 5.97 Å². The second kappa shape index (κ2) is 8.31. The zero-order chi connectivity index (χ0) is 19.6. The van der Waals surface area contributed by atoms with Gasteiger partial charge in [-0.1, -0.05) is 18.5 Å². The quantitative estimate of drug-likeness (QED) is 0.733. The van der Waals surface area contributed by atoms with Crippen molar-refractivity contribution >= 4 is 40.5 Å². The van der Waals surface area contributed by atoms with E-state index in [0.717, 1.165) is 24.8 Å². The smallest absolute Gasteiger partial charge is 0.348 e. The second-order valence-electron chi connectivity index (χ2n) is 6.83. The van der Waals surface area contributed by atoms with Crippen molar-refractivity contribution in [1.82, 2.24) is 0 Å². The number of methoxy groups -OCH3 is 1. The number of rotatable bonds is 5. The van der Waals surface area contributed by atoms with Crippen molar-refractivity contribution in [2.24, 2.45) is 5.92 Å². The maximum atomic E-state index is 12.3. The van der Waals surface area contributed by atoms with E-state index < -0.39 is 11.9 Å². The second-order valence-corrected chi connectivity index (χ2v) is 8.38. The number of ether oxygens (including phenoxy) is 2. The molecule has 0 saturated heterocycles. The third-order valence-electron chi connectivity index (χ3n) is 4.62. The van der Waals surface area contributed by atoms with Crippen LogP contribution in [0.5, 0.6) is 5.75 Å². The summed E-state index contributed by atoms with van der Waals surface area (Å²) >= 11 is 7.53. The van der Waals surface area contributed by atoms with E-state index in [4.69, 9.17) is 21.1 Å². The molecule has 3 rings (SSSR count). The number of carbonyl (C=O) groups excluding carboxylic acids is 2. The van der Waals surface area contributed by atoms with Gasteiger partial charge in [-0.3, -0.25) is 4.79 Å². The molecule has 0 unspecified atom stereocenters. The molecule has 144 valence electrons. The van der Waals surface area contributed by atoms with E-state index in [-0.39, 0.29) is 6.61 Å². The average Bonchev–Trinajstić information content (AvgIpc) is 3.05. The predicted molar refractivity (Wildman–Crippen MR) is 107 cm³/mol. The van der Waals surface area contributed by atoms with Crippen LogP contribution < -0.4 is 10.1 Å². The first-order chi connectivity index (χ1) is 12.9. The highest BCUT2D eigenvalue weighted by molar-refractivity contribution is 7.14. The highest BCUT2D eigenvalue weighted by Gasteiger charge is 2.22. The van der Waals surface area contributed by atoms with Crippen molar-refractivity contribution in [2.45, 2.75) is 33.1 Å². The van der Waals surface area contributed by atoms with Crippen LogP contribution in [0.4, 0.5) is 5.69 Å². The molecule has 0 bridgehead atoms. The number of esters is 1. The maximum Gasteiger partial charge on any atom is 0.348 e. The molecule has 27 heavy (non-hydrogen) atoms. The molecule has 0 radical (unpaired) electrons. The molecule has 0 fully saturated rings. The van der Waals surface area contributed by atoms with Crippen LogP contribution in [0.2, 0.25) is 5.02 Å². The molecular formula is C20H22ClNO4S. The summed E-state index contributed by atoms with van der Waals surface area (Å²) in [5.41, 5.74) is 2.53. The summed E-state index contributed by atoms with van der Waals surface area (Å²) in [5.74, 6) is 0.194. The standard InChI is InChI=1S/C20H22ClNO4S/c1-11-4-5-17-13(6-11)8-18(27-17)20(24)26-10-19(23)22-15-7-12(2)14(21)9-16(15)25-3/h7-9,11H,4-6,10H2,1-3H3,(H,22,23)/t11-/m0/s1. The van der Waals surface area contributed by atoms with Gasteiger partial charge in [-0.2, -0.15) is 0 Å². The van der Waals surface area contributed by atoms with E-state index >= 15 is 0 Å². The highest BCUT2D eigenvalue weighted by Crippen LogP contribution is 2.33. The van der Waals surface area contributed by atoms with Crippen LogP contribution in [-0.4, -0.2) is 25.6 Å². The van der Waals surface area contributed by atoms with Crippen molar-refractivity contribution in [2.75, 3.05) is 19.0 Å². The zero-order valence-corrected chi connectivity index (χ0v) is 17.1. The van der Waals surface area contributed by atoms with E-state index in [0.29, 0.717) is 27.3 Å². The average molecular weight is 408 g/mol. The Labute approximate surface area is 167 Å². The number of amides is 1. The monoisotopic (exact) mass is 407 g/mol. The number of carbonyl (C=O) groups is 2. The van der Waals surface area contributed by atoms with Gasteiger partial charge < -0.3 is 14.8 Å². The van der Waals surface area contributed by atoms with Gasteiger partial charge in [0.25, 0.3) is 5.91 Å². The van der Waals surface area contributed by atoms with E-state index in [1.165, 1.54) is 28.9 Å². The van der Waals surface area contributed by atoms with Crippen molar-refractivity contribution in [3.8, 4) is 5.75 Å². The largest absolute Gasteiger partial charge is 0.495 e. The van der Waals surface area contributed by atoms with Crippen LogP contribution >= 0.6 is 22.9 Å². The Morgan fingerprint density at radius 1 is 1.33 bits per heavy atom. The first-order valence-electron chi connectivity index (χ1n) is 8.80. The van der Waals surface area contributed by atoms with Crippen LogP contribution in [-0.2, 0) is 22.4 Å². The molecule has 1 aliphatic rings. The first kappa shape index (κ1) is 19.7. The van der Waals surface area contributed by atoms with Gasteiger partial charge in [-0.25, -0.2) is 4.79 Å². The summed E-state index contributed by atoms with van der Waals surface area (Å²) in [6.45, 7) is 3.69. The molecular weight excluding hydrogens is 386 g/mol. The van der Waals surface area contributed by atoms with Gasteiger partial charge in [-0.15, -0.1) is 11.3 Å². The van der Waals surface area contributed by atoms with Gasteiger partial charge in [-0.05, 0) is 55.4 Å². The lowest BCUT2D eigenvalue weighted by atomic mass is 9.90. The SMILES string of the molecule is COc1cc(Cl)c(C)cc1NC(=O)COC(=O)c1cc2c(s1)CC[C@H](C)C2. The van der Waals surface area contributed by atoms with E-state index in [9.17, 15) is 9.59 Å². The highest BCUT2D eigenvalue weighted by atomic mass is 35.5. The number of thiophene rings is 1. The van der Waals surface area contributed by atoms with Gasteiger partial charge in [0.15, 0.2) is 6.61 Å². The molecule has 0 saturated carbocycles. The molecule has 1 aromatic carbocycles. The van der Waals surface area contributed by atoms with Crippen molar-refractivity contribution in [3.63, 3.8) is 0 Å². The van der Waals surface area contributed by atoms with Crippen LogP contribution in [0, 0.1) is 12.8 Å². The summed E-state index contributed by atoms with van der Waals surface area (Å²) in [4.78, 5) is 26.3. The molecule has 1 atom stereocenters. The lowest BCUT2D eigenvalue weighted by Gasteiger charge is -2.16. The van der Waals surface area contributed by atoms with Crippen molar-refractivity contribution in [3.05, 3.63) is 44.1 Å². The van der Waals surface area contributed by atoms with E-state index in [2.05, 4.69) is 12.2 Å². The van der Waals surface area contributed by atoms with Crippen LogP contribution in [0.15, 0.2) is 18.2 Å². The van der Waals surface area contributed by atoms with E-state index in [1.54, 1.807) is 12.1 Å². The number of fused-ring (bicyclic) bond motifs is 1. The Balaban J connectivity index is 1.60. The lowest BCUT2D eigenvalue weighted by Crippen LogP contribution is -2.21. The number of hydrogen-bond acceptors (Lipinski definition) is 5. The number of halogens is 1. The number of anilines is 1. The molecule has 0 aliphatic heterocycles. The van der Waals surface area contributed by atoms with Crippen LogP contribution in [0.3, 0.4) is 0 Å². The number of nitrogens with one attached hydrogen (secondary N) is 1. The third-order valence-corrected chi connectivity index (χ3v) is 6.24. The molecule has 5 nitrogen and oxygen atoms in total. The summed E-state index contributed by atoms with van der Waals surface area (Å²) in [6, 6.07) is 5.26. The Bertz CT molecular complexity index is 877. The minimum Gasteiger partial charge on any atom is -0.495 e. The fourth-order valence-electron chi connectivity index (χ4n) is 3.12. The molecule has 1 amide bonds. The first-order valence-corrected chi connectivity index (χ1v) is 9.99. The molecule has 7 heteroatoms. The Morgan fingerprint density at radius 2 is 2.11 bits per heavy atom. The number of benzene rings is 1. The van der Waals surface area contributed by atoms with Crippen molar-refractivity contribution in [1.29, 1.82) is 0 Å². The fourth-order valence-corrected chi connectivity index (χ4v) is 4.38. The van der Waals surface area contributed by atoms with E-state index in [1.807, 2.05) is 13.0 Å². The summed E-state index contributed by atoms with van der Waals surface area (Å²) < 4.78 is 10.4. The summed E-state index contributed by atoms with van der Waals surface area (Å²) in [7, 11) is 1.50. The molecule has 2 aromatic rings. The van der Waals surface area contributed by atoms with Crippen LogP contribution in [0.1, 0.15) is 39.0 Å². The normalized spacial score (nSPS) is 15.8. The Hall–Kier alpha value is -2.05. The minimum absolute atomic E-state index is 0.359. The summed E-state index contributed by atoms with van der Waals surface area (Å²) in [6.07, 6.45) is 3.15. The number of hydrogen-bond donors (Lipinski definition) is 1. The van der Waals surface area contributed by atoms with Gasteiger partial charge in [0.05, 0.1) is 12.8 Å². The molecule has 1 heterocycles. The molecule has 1 aromatic heterocycles. The topological polar surface area (TPSA) is 64.6 Å². The van der Waals surface area contributed by atoms with Crippen LogP contribution in [0.25, 0.3) is 0 Å². The molecule has 0 spiro atoms. The van der Waals surface area contributed by atoms with Gasteiger partial charge in [0.1, 0.15) is 10.6 Å². The maximum absolute atomic E-state index is 12.3. The van der Waals surface area contributed by atoms with Crippen molar-refractivity contribution < 1.29 is 19.1 Å². The minimum atomic E-state index is -0.462.